The van der Waals surface area contributed by atoms with Gasteiger partial charge in [0.05, 0.1) is 4.90 Å². The largest absolute Gasteiger partial charge is 0.381 e. The molecule has 5 heteroatoms. The Morgan fingerprint density at radius 2 is 1.90 bits per heavy atom. The van der Waals surface area contributed by atoms with Crippen molar-refractivity contribution in [2.24, 2.45) is 0 Å². The molecule has 106 valence electrons. The van der Waals surface area contributed by atoms with Gasteiger partial charge in [0.1, 0.15) is 0 Å². The van der Waals surface area contributed by atoms with E-state index in [-0.39, 0.29) is 0 Å². The minimum atomic E-state index is -3.18. The van der Waals surface area contributed by atoms with Crippen molar-refractivity contribution < 1.29 is 8.42 Å². The number of hydrogen-bond donors (Lipinski definition) is 1. The van der Waals surface area contributed by atoms with E-state index in [1.807, 2.05) is 31.2 Å². The molecule has 0 atom stereocenters. The Balaban J connectivity index is 2.15. The quantitative estimate of drug-likeness (QED) is 0.937. The van der Waals surface area contributed by atoms with Crippen molar-refractivity contribution in [2.75, 3.05) is 11.6 Å². The Bertz CT molecular complexity index is 726. The molecular formula is C15H16ClNO2S. The third kappa shape index (κ3) is 3.74. The summed E-state index contributed by atoms with van der Waals surface area (Å²) in [6.07, 6.45) is 1.20. The molecule has 0 aliphatic heterocycles. The van der Waals surface area contributed by atoms with Crippen molar-refractivity contribution >= 4 is 27.1 Å². The fraction of sp³-hybridized carbons (Fsp3) is 0.200. The normalized spacial score (nSPS) is 11.3. The van der Waals surface area contributed by atoms with Gasteiger partial charge < -0.3 is 5.32 Å². The van der Waals surface area contributed by atoms with E-state index in [1.54, 1.807) is 18.2 Å². The van der Waals surface area contributed by atoms with E-state index in [9.17, 15) is 8.42 Å². The van der Waals surface area contributed by atoms with E-state index in [0.29, 0.717) is 16.5 Å². The molecule has 0 aliphatic rings. The van der Waals surface area contributed by atoms with Gasteiger partial charge in [0.25, 0.3) is 0 Å². The van der Waals surface area contributed by atoms with Crippen LogP contribution in [-0.4, -0.2) is 14.7 Å². The summed E-state index contributed by atoms with van der Waals surface area (Å²) in [4.78, 5) is 0.315. The molecule has 2 aromatic carbocycles. The van der Waals surface area contributed by atoms with Gasteiger partial charge in [-0.1, -0.05) is 23.7 Å². The monoisotopic (exact) mass is 309 g/mol. The van der Waals surface area contributed by atoms with Crippen LogP contribution in [0, 0.1) is 6.92 Å². The molecule has 2 aromatic rings. The number of aryl methyl sites for hydroxylation is 1. The summed E-state index contributed by atoms with van der Waals surface area (Å²) in [5, 5.41) is 3.94. The van der Waals surface area contributed by atoms with Gasteiger partial charge in [-0.15, -0.1) is 0 Å². The number of sulfone groups is 1. The molecule has 0 unspecified atom stereocenters. The molecule has 0 bridgehead atoms. The second-order valence-corrected chi connectivity index (χ2v) is 7.18. The maximum Gasteiger partial charge on any atom is 0.175 e. The van der Waals surface area contributed by atoms with Crippen LogP contribution in [0.2, 0.25) is 5.02 Å². The van der Waals surface area contributed by atoms with Gasteiger partial charge in [-0.05, 0) is 48.4 Å². The lowest BCUT2D eigenvalue weighted by Crippen LogP contribution is -2.03. The van der Waals surface area contributed by atoms with E-state index in [0.717, 1.165) is 16.8 Å². The standard InChI is InChI=1S/C15H16ClNO2S/c1-11-8-13(16)7-6-12(11)10-17-14-4-3-5-15(9-14)20(2,18)19/h3-9,17H,10H2,1-2H3. The number of anilines is 1. The first kappa shape index (κ1) is 14.9. The lowest BCUT2D eigenvalue weighted by Gasteiger charge is -2.10. The lowest BCUT2D eigenvalue weighted by molar-refractivity contribution is 0.602. The molecule has 0 saturated carbocycles. The summed E-state index contributed by atoms with van der Waals surface area (Å²) in [5.74, 6) is 0. The van der Waals surface area contributed by atoms with Crippen LogP contribution in [0.15, 0.2) is 47.4 Å². The van der Waals surface area contributed by atoms with Gasteiger partial charge in [-0.3, -0.25) is 0 Å². The molecule has 0 amide bonds. The fourth-order valence-corrected chi connectivity index (χ4v) is 2.79. The number of hydrogen-bond acceptors (Lipinski definition) is 3. The summed E-state index contributed by atoms with van der Waals surface area (Å²) in [7, 11) is -3.18. The zero-order chi connectivity index (χ0) is 14.8. The first-order valence-corrected chi connectivity index (χ1v) is 8.42. The Morgan fingerprint density at radius 1 is 1.15 bits per heavy atom. The van der Waals surface area contributed by atoms with Crippen molar-refractivity contribution in [1.29, 1.82) is 0 Å². The second kappa shape index (κ2) is 5.85. The van der Waals surface area contributed by atoms with Gasteiger partial charge in [-0.2, -0.15) is 0 Å². The molecule has 0 fully saturated rings. The van der Waals surface area contributed by atoms with Crippen molar-refractivity contribution in [3.63, 3.8) is 0 Å². The minimum Gasteiger partial charge on any atom is -0.381 e. The van der Waals surface area contributed by atoms with E-state index in [4.69, 9.17) is 11.6 Å². The Morgan fingerprint density at radius 3 is 2.55 bits per heavy atom. The highest BCUT2D eigenvalue weighted by molar-refractivity contribution is 7.90. The lowest BCUT2D eigenvalue weighted by atomic mass is 10.1. The highest BCUT2D eigenvalue weighted by Gasteiger charge is 2.07. The maximum absolute atomic E-state index is 11.5. The Labute approximate surface area is 124 Å². The number of nitrogens with one attached hydrogen (secondary N) is 1. The molecule has 0 heterocycles. The van der Waals surface area contributed by atoms with Crippen molar-refractivity contribution in [1.82, 2.24) is 0 Å². The Kier molecular flexibility index (Phi) is 4.35. The van der Waals surface area contributed by atoms with E-state index >= 15 is 0 Å². The topological polar surface area (TPSA) is 46.2 Å². The highest BCUT2D eigenvalue weighted by atomic mass is 35.5. The fourth-order valence-electron chi connectivity index (χ4n) is 1.89. The van der Waals surface area contributed by atoms with Crippen LogP contribution in [0.5, 0.6) is 0 Å². The predicted octanol–water partition coefficient (Wildman–Crippen LogP) is 3.66. The summed E-state index contributed by atoms with van der Waals surface area (Å²) < 4.78 is 23.0. The average molecular weight is 310 g/mol. The third-order valence-electron chi connectivity index (χ3n) is 3.05. The van der Waals surface area contributed by atoms with Crippen molar-refractivity contribution in [3.05, 3.63) is 58.6 Å². The van der Waals surface area contributed by atoms with E-state index < -0.39 is 9.84 Å². The predicted molar refractivity (Wildman–Crippen MR) is 83.1 cm³/mol. The molecule has 0 aliphatic carbocycles. The summed E-state index contributed by atoms with van der Waals surface area (Å²) in [6, 6.07) is 12.5. The van der Waals surface area contributed by atoms with Crippen LogP contribution in [0.25, 0.3) is 0 Å². The number of halogens is 1. The number of benzene rings is 2. The van der Waals surface area contributed by atoms with Gasteiger partial charge >= 0.3 is 0 Å². The zero-order valence-corrected chi connectivity index (χ0v) is 12.9. The van der Waals surface area contributed by atoms with Crippen LogP contribution in [0.4, 0.5) is 5.69 Å². The molecule has 0 saturated heterocycles. The smallest absolute Gasteiger partial charge is 0.175 e. The van der Waals surface area contributed by atoms with Gasteiger partial charge in [0, 0.05) is 23.5 Å². The molecule has 3 nitrogen and oxygen atoms in total. The summed E-state index contributed by atoms with van der Waals surface area (Å²) >= 11 is 5.92. The summed E-state index contributed by atoms with van der Waals surface area (Å²) in [6.45, 7) is 2.62. The van der Waals surface area contributed by atoms with Gasteiger partial charge in [0.15, 0.2) is 9.84 Å². The molecule has 0 radical (unpaired) electrons. The van der Waals surface area contributed by atoms with Gasteiger partial charge in [0.2, 0.25) is 0 Å². The highest BCUT2D eigenvalue weighted by Crippen LogP contribution is 2.19. The molecule has 0 spiro atoms. The molecule has 2 rings (SSSR count). The molecule has 0 aromatic heterocycles. The average Bonchev–Trinajstić information content (AvgIpc) is 2.37. The maximum atomic E-state index is 11.5. The van der Waals surface area contributed by atoms with Crippen LogP contribution in [0.3, 0.4) is 0 Å². The second-order valence-electron chi connectivity index (χ2n) is 4.72. The van der Waals surface area contributed by atoms with Crippen LogP contribution >= 0.6 is 11.6 Å². The molecule has 1 N–H and O–H groups in total. The SMILES string of the molecule is Cc1cc(Cl)ccc1CNc1cccc(S(C)(=O)=O)c1. The van der Waals surface area contributed by atoms with Crippen LogP contribution in [-0.2, 0) is 16.4 Å². The minimum absolute atomic E-state index is 0.315. The third-order valence-corrected chi connectivity index (χ3v) is 4.40. The Hall–Kier alpha value is -1.52. The molecular weight excluding hydrogens is 294 g/mol. The molecule has 20 heavy (non-hydrogen) atoms. The van der Waals surface area contributed by atoms with E-state index in [1.165, 1.54) is 6.26 Å². The van der Waals surface area contributed by atoms with Crippen LogP contribution < -0.4 is 5.32 Å². The van der Waals surface area contributed by atoms with Crippen molar-refractivity contribution in [2.45, 2.75) is 18.4 Å². The van der Waals surface area contributed by atoms with E-state index in [2.05, 4.69) is 5.32 Å². The number of rotatable bonds is 4. The zero-order valence-electron chi connectivity index (χ0n) is 11.4. The summed E-state index contributed by atoms with van der Waals surface area (Å²) in [5.41, 5.74) is 3.01. The van der Waals surface area contributed by atoms with Gasteiger partial charge in [-0.25, -0.2) is 8.42 Å². The van der Waals surface area contributed by atoms with Crippen LogP contribution in [0.1, 0.15) is 11.1 Å². The van der Waals surface area contributed by atoms with Crippen molar-refractivity contribution in [3.8, 4) is 0 Å². The first-order chi connectivity index (χ1) is 9.36. The first-order valence-electron chi connectivity index (χ1n) is 6.15.